The normalized spacial score (nSPS) is 15.1. The van der Waals surface area contributed by atoms with Crippen LogP contribution in [0.4, 0.5) is 34.1 Å². The molecule has 67 heavy (non-hydrogen) atoms. The summed E-state index contributed by atoms with van der Waals surface area (Å²) < 4.78 is 0. The molecule has 2 heteroatoms. The van der Waals surface area contributed by atoms with Crippen molar-refractivity contribution < 1.29 is 0 Å². The van der Waals surface area contributed by atoms with Gasteiger partial charge in [0.1, 0.15) is 0 Å². The van der Waals surface area contributed by atoms with Gasteiger partial charge in [0.2, 0.25) is 0 Å². The Labute approximate surface area is 394 Å². The van der Waals surface area contributed by atoms with Crippen LogP contribution in [0.1, 0.15) is 74.9 Å². The lowest BCUT2D eigenvalue weighted by Gasteiger charge is -2.30. The molecule has 0 aromatic heterocycles. The lowest BCUT2D eigenvalue weighted by atomic mass is 9.80. The Morgan fingerprint density at radius 3 is 0.925 bits per heavy atom. The van der Waals surface area contributed by atoms with Gasteiger partial charge in [-0.3, -0.25) is 0 Å². The number of hydrogen-bond acceptors (Lipinski definition) is 2. The monoisotopic (exact) mass is 860 g/mol. The molecule has 0 bridgehead atoms. The number of fused-ring (bicyclic) bond motifs is 13. The van der Waals surface area contributed by atoms with Crippen LogP contribution >= 0.6 is 0 Å². The molecule has 10 aromatic carbocycles. The summed E-state index contributed by atoms with van der Waals surface area (Å²) in [4.78, 5) is 4.91. The number of hydrogen-bond donors (Lipinski definition) is 0. The van der Waals surface area contributed by atoms with Crippen LogP contribution in [0.5, 0.6) is 0 Å². The topological polar surface area (TPSA) is 6.48 Å². The summed E-state index contributed by atoms with van der Waals surface area (Å²) in [5.74, 6) is 0. The van der Waals surface area contributed by atoms with Gasteiger partial charge in [-0.1, -0.05) is 175 Å². The summed E-state index contributed by atoms with van der Waals surface area (Å²) in [6.07, 6.45) is 0. The molecular weight excluding hydrogens is 809 g/mol. The summed E-state index contributed by atoms with van der Waals surface area (Å²) >= 11 is 0. The van der Waals surface area contributed by atoms with Crippen molar-refractivity contribution in [1.29, 1.82) is 0 Å². The Hall–Kier alpha value is -7.68. The Bertz CT molecular complexity index is 3430. The van der Waals surface area contributed by atoms with Crippen LogP contribution < -0.4 is 9.80 Å². The second-order valence-electron chi connectivity index (χ2n) is 20.6. The summed E-state index contributed by atoms with van der Waals surface area (Å²) in [5.41, 5.74) is 22.6. The first-order valence-corrected chi connectivity index (χ1v) is 23.8. The van der Waals surface area contributed by atoms with Crippen LogP contribution in [0, 0.1) is 0 Å². The van der Waals surface area contributed by atoms with Crippen molar-refractivity contribution in [2.24, 2.45) is 0 Å². The fourth-order valence-electron chi connectivity index (χ4n) is 12.5. The second-order valence-corrected chi connectivity index (χ2v) is 20.6. The van der Waals surface area contributed by atoms with Gasteiger partial charge in [0.05, 0.1) is 0 Å². The summed E-state index contributed by atoms with van der Waals surface area (Å²) in [6.45, 7) is 14.4. The number of benzene rings is 10. The van der Waals surface area contributed by atoms with Crippen LogP contribution in [0.3, 0.4) is 0 Å². The minimum atomic E-state index is -0.257. The smallest absolute Gasteiger partial charge is 0.0465 e. The third kappa shape index (κ3) is 5.69. The fourth-order valence-corrected chi connectivity index (χ4v) is 12.5. The third-order valence-corrected chi connectivity index (χ3v) is 15.7. The molecule has 0 amide bonds. The highest BCUT2D eigenvalue weighted by atomic mass is 15.1. The van der Waals surface area contributed by atoms with Crippen LogP contribution in [-0.4, -0.2) is 0 Å². The lowest BCUT2D eigenvalue weighted by Crippen LogP contribution is -2.19. The van der Waals surface area contributed by atoms with Gasteiger partial charge in [-0.15, -0.1) is 0 Å². The highest BCUT2D eigenvalue weighted by Crippen LogP contribution is 2.57. The quantitative estimate of drug-likeness (QED) is 0.164. The van der Waals surface area contributed by atoms with E-state index in [0.717, 1.165) is 34.1 Å². The van der Waals surface area contributed by atoms with Crippen LogP contribution in [0.15, 0.2) is 206 Å². The van der Waals surface area contributed by atoms with E-state index in [1.807, 2.05) is 0 Å². The van der Waals surface area contributed by atoms with Crippen LogP contribution in [0.2, 0.25) is 0 Å². The molecule has 0 fully saturated rings. The number of para-hydroxylation sites is 2. The van der Waals surface area contributed by atoms with Gasteiger partial charge in [0, 0.05) is 50.4 Å². The Morgan fingerprint density at radius 2 is 0.552 bits per heavy atom. The molecule has 0 N–H and O–H groups in total. The summed E-state index contributed by atoms with van der Waals surface area (Å²) in [5, 5.41) is 5.27. The molecule has 10 aromatic rings. The Kier molecular flexibility index (Phi) is 8.38. The minimum Gasteiger partial charge on any atom is -0.310 e. The number of rotatable bonds is 6. The molecule has 322 valence electrons. The molecule has 0 atom stereocenters. The van der Waals surface area contributed by atoms with E-state index >= 15 is 0 Å². The van der Waals surface area contributed by atoms with E-state index < -0.39 is 0 Å². The van der Waals surface area contributed by atoms with E-state index in [4.69, 9.17) is 0 Å². The molecule has 3 aliphatic rings. The van der Waals surface area contributed by atoms with E-state index in [-0.39, 0.29) is 16.2 Å². The molecule has 2 nitrogen and oxygen atoms in total. The predicted molar refractivity (Wildman–Crippen MR) is 284 cm³/mol. The van der Waals surface area contributed by atoms with Gasteiger partial charge in [0.15, 0.2) is 0 Å². The molecular formula is C65H52N2. The van der Waals surface area contributed by atoms with Crippen molar-refractivity contribution in [3.63, 3.8) is 0 Å². The molecule has 0 aliphatic heterocycles. The van der Waals surface area contributed by atoms with Gasteiger partial charge in [-0.05, 0) is 161 Å². The number of anilines is 6. The fraction of sp³-hybridized carbons (Fsp3) is 0.138. The van der Waals surface area contributed by atoms with Crippen molar-refractivity contribution in [2.45, 2.75) is 57.8 Å². The molecule has 0 spiro atoms. The maximum atomic E-state index is 2.46. The zero-order valence-corrected chi connectivity index (χ0v) is 39.0. The highest BCUT2D eigenvalue weighted by molar-refractivity contribution is 6.00. The standard InChI is InChI=1S/C65H52N2/c1-63(2)57-37-45(66(43-19-9-7-10-20-43)47-29-35-53-55-31-25-41-17-13-15-23-49(41)61(55)64(3,4)59(53)39-47)27-33-51(57)52-34-28-46(38-58(52)63)67(44-21-11-8-12-22-44)48-30-36-54-56-32-26-42-18-14-16-24-50(42)62(56)65(5,6)60(54)40-48/h7-40H,1-6H3. The van der Waals surface area contributed by atoms with Crippen molar-refractivity contribution in [3.05, 3.63) is 240 Å². The van der Waals surface area contributed by atoms with E-state index in [9.17, 15) is 0 Å². The Morgan fingerprint density at radius 1 is 0.254 bits per heavy atom. The molecule has 0 unspecified atom stereocenters. The molecule has 0 radical (unpaired) electrons. The van der Waals surface area contributed by atoms with Gasteiger partial charge < -0.3 is 9.80 Å². The maximum Gasteiger partial charge on any atom is 0.0465 e. The first-order valence-electron chi connectivity index (χ1n) is 23.8. The molecule has 0 heterocycles. The van der Waals surface area contributed by atoms with Crippen molar-refractivity contribution in [3.8, 4) is 33.4 Å². The van der Waals surface area contributed by atoms with Crippen LogP contribution in [0.25, 0.3) is 54.9 Å². The van der Waals surface area contributed by atoms with Gasteiger partial charge in [0.25, 0.3) is 0 Å². The zero-order valence-electron chi connectivity index (χ0n) is 39.0. The minimum absolute atomic E-state index is 0.160. The highest BCUT2D eigenvalue weighted by Gasteiger charge is 2.40. The Balaban J connectivity index is 0.901. The predicted octanol–water partition coefficient (Wildman–Crippen LogP) is 17.9. The zero-order chi connectivity index (χ0) is 45.4. The number of nitrogens with zero attached hydrogens (tertiary/aromatic N) is 2. The van der Waals surface area contributed by atoms with Crippen molar-refractivity contribution in [1.82, 2.24) is 0 Å². The largest absolute Gasteiger partial charge is 0.310 e. The molecule has 13 rings (SSSR count). The van der Waals surface area contributed by atoms with E-state index in [1.165, 1.54) is 88.3 Å². The van der Waals surface area contributed by atoms with Gasteiger partial charge in [-0.25, -0.2) is 0 Å². The van der Waals surface area contributed by atoms with E-state index in [0.29, 0.717) is 0 Å². The van der Waals surface area contributed by atoms with E-state index in [1.54, 1.807) is 0 Å². The average molecular weight is 861 g/mol. The van der Waals surface area contributed by atoms with Crippen LogP contribution in [-0.2, 0) is 16.2 Å². The SMILES string of the molecule is CC1(C)c2cc(N(c3ccccc3)c3ccc4c(c3)C(C)(C)c3c-4ccc4ccccc34)ccc2-c2ccc(N(c3ccccc3)c3ccc4c(c3)C(C)(C)c3c-4ccc4ccccc34)cc21. The first-order chi connectivity index (χ1) is 32.5. The average Bonchev–Trinajstić information content (AvgIpc) is 3.84. The van der Waals surface area contributed by atoms with Crippen molar-refractivity contribution >= 4 is 55.7 Å². The molecule has 3 aliphatic carbocycles. The lowest BCUT2D eigenvalue weighted by molar-refractivity contribution is 0.660. The summed E-state index contributed by atoms with van der Waals surface area (Å²) in [6, 6.07) is 77.3. The second kappa shape index (κ2) is 14.2. The summed E-state index contributed by atoms with van der Waals surface area (Å²) in [7, 11) is 0. The first kappa shape index (κ1) is 39.7. The third-order valence-electron chi connectivity index (χ3n) is 15.7. The van der Waals surface area contributed by atoms with Crippen molar-refractivity contribution in [2.75, 3.05) is 9.80 Å². The molecule has 0 saturated carbocycles. The van der Waals surface area contributed by atoms with Gasteiger partial charge >= 0.3 is 0 Å². The molecule has 0 saturated heterocycles. The van der Waals surface area contributed by atoms with E-state index in [2.05, 4.69) is 258 Å². The van der Waals surface area contributed by atoms with Gasteiger partial charge in [-0.2, -0.15) is 0 Å². The maximum absolute atomic E-state index is 2.46.